The third kappa shape index (κ3) is 4.58. The summed E-state index contributed by atoms with van der Waals surface area (Å²) in [4.78, 5) is 13.7. The Labute approximate surface area is 173 Å². The fourth-order valence-electron chi connectivity index (χ4n) is 5.14. The van der Waals surface area contributed by atoms with Crippen molar-refractivity contribution in [3.05, 3.63) is 42.0 Å². The van der Waals surface area contributed by atoms with Crippen LogP contribution in [0, 0.1) is 11.8 Å². The molecule has 0 aromatic heterocycles. The van der Waals surface area contributed by atoms with Crippen LogP contribution in [-0.2, 0) is 4.79 Å². The van der Waals surface area contributed by atoms with Crippen molar-refractivity contribution in [3.8, 4) is 5.75 Å². The summed E-state index contributed by atoms with van der Waals surface area (Å²) >= 11 is 0. The van der Waals surface area contributed by atoms with Gasteiger partial charge < -0.3 is 9.84 Å². The number of ether oxygens (including phenoxy) is 1. The van der Waals surface area contributed by atoms with Gasteiger partial charge in [0, 0.05) is 6.04 Å². The number of likely N-dealkylation sites (tertiary alicyclic amines) is 1. The molecule has 1 aliphatic heterocycles. The molecule has 0 amide bonds. The molecule has 29 heavy (non-hydrogen) atoms. The molecule has 2 fully saturated rings. The zero-order chi connectivity index (χ0) is 20.4. The van der Waals surface area contributed by atoms with E-state index in [0.29, 0.717) is 12.1 Å². The summed E-state index contributed by atoms with van der Waals surface area (Å²) in [6.07, 6.45) is 6.48. The van der Waals surface area contributed by atoms with E-state index in [2.05, 4.69) is 55.1 Å². The molecule has 1 heterocycles. The minimum atomic E-state index is -0.645. The van der Waals surface area contributed by atoms with Gasteiger partial charge in [-0.2, -0.15) is 0 Å². The Morgan fingerprint density at radius 3 is 2.48 bits per heavy atom. The van der Waals surface area contributed by atoms with Crippen LogP contribution in [-0.4, -0.2) is 35.2 Å². The third-order valence-corrected chi connectivity index (χ3v) is 6.88. The van der Waals surface area contributed by atoms with Gasteiger partial charge in [0.2, 0.25) is 0 Å². The third-order valence-electron chi connectivity index (χ3n) is 6.88. The zero-order valence-electron chi connectivity index (χ0n) is 17.6. The van der Waals surface area contributed by atoms with Crippen LogP contribution in [0.15, 0.2) is 36.4 Å². The van der Waals surface area contributed by atoms with Gasteiger partial charge in [-0.05, 0) is 92.1 Å². The number of fused-ring (bicyclic) bond motifs is 1. The molecule has 2 aliphatic rings. The molecule has 1 N–H and O–H groups in total. The maximum absolute atomic E-state index is 11.2. The van der Waals surface area contributed by atoms with Gasteiger partial charge in [-0.15, -0.1) is 0 Å². The molecule has 156 valence electrons. The Hall–Kier alpha value is -2.07. The van der Waals surface area contributed by atoms with Gasteiger partial charge in [0.15, 0.2) is 0 Å². The molecule has 1 saturated heterocycles. The molecule has 1 aliphatic carbocycles. The molecule has 3 atom stereocenters. The average Bonchev–Trinajstić information content (AvgIpc) is 3.13. The smallest absolute Gasteiger partial charge is 0.306 e. The summed E-state index contributed by atoms with van der Waals surface area (Å²) in [5.41, 5.74) is 1.33. The van der Waals surface area contributed by atoms with E-state index in [0.717, 1.165) is 56.9 Å². The van der Waals surface area contributed by atoms with Gasteiger partial charge in [-0.25, -0.2) is 0 Å². The van der Waals surface area contributed by atoms with Crippen molar-refractivity contribution in [2.45, 2.75) is 64.5 Å². The van der Waals surface area contributed by atoms with Crippen molar-refractivity contribution in [1.29, 1.82) is 0 Å². The Morgan fingerprint density at radius 2 is 1.83 bits per heavy atom. The highest BCUT2D eigenvalue weighted by atomic mass is 16.5. The topological polar surface area (TPSA) is 49.8 Å². The number of hydrogen-bond donors (Lipinski definition) is 1. The van der Waals surface area contributed by atoms with Crippen molar-refractivity contribution in [2.24, 2.45) is 11.8 Å². The van der Waals surface area contributed by atoms with Crippen molar-refractivity contribution in [1.82, 2.24) is 4.90 Å². The van der Waals surface area contributed by atoms with Gasteiger partial charge >= 0.3 is 5.97 Å². The highest BCUT2D eigenvalue weighted by molar-refractivity contribution is 5.84. The number of piperidine rings is 1. The van der Waals surface area contributed by atoms with Crippen LogP contribution in [0.5, 0.6) is 5.75 Å². The summed E-state index contributed by atoms with van der Waals surface area (Å²) in [5.74, 6) is 0.928. The van der Waals surface area contributed by atoms with Crippen molar-refractivity contribution in [3.63, 3.8) is 0 Å². The van der Waals surface area contributed by atoms with E-state index >= 15 is 0 Å². The Morgan fingerprint density at radius 1 is 1.10 bits per heavy atom. The second-order valence-electron chi connectivity index (χ2n) is 9.00. The van der Waals surface area contributed by atoms with Crippen LogP contribution in [0.3, 0.4) is 0 Å². The molecule has 2 aromatic carbocycles. The van der Waals surface area contributed by atoms with E-state index in [-0.39, 0.29) is 5.92 Å². The van der Waals surface area contributed by atoms with Crippen LogP contribution in [0.2, 0.25) is 0 Å². The Bertz CT molecular complexity index is 856. The van der Waals surface area contributed by atoms with Crippen LogP contribution < -0.4 is 4.74 Å². The number of carbonyl (C=O) groups is 1. The first-order valence-corrected chi connectivity index (χ1v) is 11.2. The molecule has 2 aromatic rings. The summed E-state index contributed by atoms with van der Waals surface area (Å²) in [6.45, 7) is 6.25. The zero-order valence-corrected chi connectivity index (χ0v) is 17.6. The number of aliphatic carboxylic acids is 1. The lowest BCUT2D eigenvalue weighted by molar-refractivity contribution is -0.143. The lowest BCUT2D eigenvalue weighted by Crippen LogP contribution is -2.38. The van der Waals surface area contributed by atoms with Gasteiger partial charge in [-0.3, -0.25) is 9.69 Å². The van der Waals surface area contributed by atoms with Gasteiger partial charge in [0.05, 0.1) is 12.0 Å². The molecule has 0 spiro atoms. The fourth-order valence-corrected chi connectivity index (χ4v) is 5.14. The number of carboxylic acid groups (broad SMARTS) is 1. The lowest BCUT2D eigenvalue weighted by atomic mass is 9.93. The highest BCUT2D eigenvalue weighted by Gasteiger charge is 2.28. The van der Waals surface area contributed by atoms with E-state index in [1.54, 1.807) is 0 Å². The maximum atomic E-state index is 11.2. The number of rotatable bonds is 6. The average molecular weight is 396 g/mol. The quantitative estimate of drug-likeness (QED) is 0.686. The van der Waals surface area contributed by atoms with Crippen LogP contribution in [0.25, 0.3) is 10.8 Å². The SMILES string of the molecule is CCC(c1ccc2cc(OC3CCC(C)C3)ccc2c1)N1CCC(C(=O)O)CC1. The first kappa shape index (κ1) is 20.2. The van der Waals surface area contributed by atoms with E-state index < -0.39 is 5.97 Å². The number of benzene rings is 2. The molecule has 4 heteroatoms. The van der Waals surface area contributed by atoms with Crippen molar-refractivity contribution >= 4 is 16.7 Å². The van der Waals surface area contributed by atoms with E-state index in [9.17, 15) is 9.90 Å². The number of nitrogens with zero attached hydrogens (tertiary/aromatic N) is 1. The largest absolute Gasteiger partial charge is 0.490 e. The second kappa shape index (κ2) is 8.74. The summed E-state index contributed by atoms with van der Waals surface area (Å²) < 4.78 is 6.22. The monoisotopic (exact) mass is 395 g/mol. The van der Waals surface area contributed by atoms with Gasteiger partial charge in [0.25, 0.3) is 0 Å². The summed E-state index contributed by atoms with van der Waals surface area (Å²) in [7, 11) is 0. The molecule has 4 nitrogen and oxygen atoms in total. The molecule has 0 radical (unpaired) electrons. The normalized spacial score (nSPS) is 24.6. The van der Waals surface area contributed by atoms with E-state index in [1.165, 1.54) is 22.8 Å². The molecular formula is C25H33NO3. The summed E-state index contributed by atoms with van der Waals surface area (Å²) in [5, 5.41) is 11.7. The predicted molar refractivity (Wildman–Crippen MR) is 116 cm³/mol. The predicted octanol–water partition coefficient (Wildman–Crippen LogP) is 5.65. The van der Waals surface area contributed by atoms with Crippen LogP contribution in [0.4, 0.5) is 0 Å². The standard InChI is InChI=1S/C25H33NO3/c1-3-24(26-12-10-18(11-13-26)25(27)28)21-6-5-20-16-23(9-7-19(20)15-21)29-22-8-4-17(2)14-22/h5-7,9,15-18,22,24H,3-4,8,10-14H2,1-2H3,(H,27,28). The van der Waals surface area contributed by atoms with Gasteiger partial charge in [0.1, 0.15) is 5.75 Å². The van der Waals surface area contributed by atoms with Crippen molar-refractivity contribution < 1.29 is 14.6 Å². The molecule has 3 unspecified atom stereocenters. The minimum absolute atomic E-state index is 0.179. The Balaban J connectivity index is 1.47. The van der Waals surface area contributed by atoms with Crippen LogP contribution in [0.1, 0.15) is 64.0 Å². The lowest BCUT2D eigenvalue weighted by Gasteiger charge is -2.36. The fraction of sp³-hybridized carbons (Fsp3) is 0.560. The molecule has 0 bridgehead atoms. The minimum Gasteiger partial charge on any atom is -0.490 e. The highest BCUT2D eigenvalue weighted by Crippen LogP contribution is 2.33. The Kier molecular flexibility index (Phi) is 6.09. The molecule has 1 saturated carbocycles. The second-order valence-corrected chi connectivity index (χ2v) is 9.00. The van der Waals surface area contributed by atoms with E-state index in [4.69, 9.17) is 4.74 Å². The maximum Gasteiger partial charge on any atom is 0.306 e. The molecule has 4 rings (SSSR count). The molecular weight excluding hydrogens is 362 g/mol. The first-order chi connectivity index (χ1) is 14.0. The van der Waals surface area contributed by atoms with E-state index in [1.807, 2.05) is 0 Å². The number of carboxylic acids is 1. The van der Waals surface area contributed by atoms with Gasteiger partial charge in [-0.1, -0.05) is 32.0 Å². The van der Waals surface area contributed by atoms with Crippen LogP contribution >= 0.6 is 0 Å². The summed E-state index contributed by atoms with van der Waals surface area (Å²) in [6, 6.07) is 13.5. The number of hydrogen-bond acceptors (Lipinski definition) is 3. The van der Waals surface area contributed by atoms with Crippen molar-refractivity contribution in [2.75, 3.05) is 13.1 Å². The first-order valence-electron chi connectivity index (χ1n) is 11.2.